The maximum atomic E-state index is 10.2. The fourth-order valence-corrected chi connectivity index (χ4v) is 3.35. The summed E-state index contributed by atoms with van der Waals surface area (Å²) in [6, 6.07) is 9.30. The Bertz CT molecular complexity index is 814. The second-order valence-corrected chi connectivity index (χ2v) is 6.75. The summed E-state index contributed by atoms with van der Waals surface area (Å²) in [4.78, 5) is 4.53. The fourth-order valence-electron chi connectivity index (χ4n) is 3.35. The standard InChI is InChI=1S/C19H23N5O/c1-13-9-18(24(3)15-5-4-8-23(2)12-15)21-22-19(13)16-7-6-14(11-20)10-17(16)25/h6-7,9-10,15,25H,4-5,8,12H2,1-3H3/t15-/m1/s1. The van der Waals surface area contributed by atoms with E-state index in [9.17, 15) is 5.11 Å². The molecule has 0 radical (unpaired) electrons. The number of piperidine rings is 1. The lowest BCUT2D eigenvalue weighted by molar-refractivity contribution is 0.247. The molecule has 0 spiro atoms. The Labute approximate surface area is 148 Å². The minimum Gasteiger partial charge on any atom is -0.507 e. The van der Waals surface area contributed by atoms with Gasteiger partial charge in [-0.1, -0.05) is 0 Å². The van der Waals surface area contributed by atoms with Crippen molar-refractivity contribution in [2.24, 2.45) is 0 Å². The predicted molar refractivity (Wildman–Crippen MR) is 97.5 cm³/mol. The molecule has 25 heavy (non-hydrogen) atoms. The highest BCUT2D eigenvalue weighted by molar-refractivity contribution is 5.71. The molecular formula is C19H23N5O. The number of aromatic nitrogens is 2. The molecular weight excluding hydrogens is 314 g/mol. The molecule has 2 aromatic rings. The number of phenols is 1. The van der Waals surface area contributed by atoms with Crippen molar-refractivity contribution in [3.05, 3.63) is 35.4 Å². The van der Waals surface area contributed by atoms with E-state index in [0.717, 1.165) is 30.9 Å². The summed E-state index contributed by atoms with van der Waals surface area (Å²) < 4.78 is 0. The van der Waals surface area contributed by atoms with Crippen LogP contribution in [0.3, 0.4) is 0 Å². The van der Waals surface area contributed by atoms with Crippen LogP contribution in [0, 0.1) is 18.3 Å². The van der Waals surface area contributed by atoms with Crippen molar-refractivity contribution in [1.29, 1.82) is 5.26 Å². The number of nitrogens with zero attached hydrogens (tertiary/aromatic N) is 5. The monoisotopic (exact) mass is 337 g/mol. The first-order valence-electron chi connectivity index (χ1n) is 8.48. The minimum atomic E-state index is 0.0476. The van der Waals surface area contributed by atoms with E-state index in [1.54, 1.807) is 12.1 Å². The van der Waals surface area contributed by atoms with E-state index in [4.69, 9.17) is 5.26 Å². The molecule has 1 saturated heterocycles. The minimum absolute atomic E-state index is 0.0476. The predicted octanol–water partition coefficient (Wildman–Crippen LogP) is 2.56. The Balaban J connectivity index is 1.87. The van der Waals surface area contributed by atoms with Gasteiger partial charge in [-0.05, 0) is 63.2 Å². The van der Waals surface area contributed by atoms with E-state index in [2.05, 4.69) is 34.1 Å². The molecule has 3 rings (SSSR count). The van der Waals surface area contributed by atoms with Gasteiger partial charge < -0.3 is 14.9 Å². The summed E-state index contributed by atoms with van der Waals surface area (Å²) in [5.41, 5.74) is 2.60. The van der Waals surface area contributed by atoms with Crippen LogP contribution in [0.2, 0.25) is 0 Å². The largest absolute Gasteiger partial charge is 0.507 e. The van der Waals surface area contributed by atoms with Gasteiger partial charge in [0.25, 0.3) is 0 Å². The van der Waals surface area contributed by atoms with Gasteiger partial charge in [0.1, 0.15) is 5.75 Å². The van der Waals surface area contributed by atoms with Gasteiger partial charge in [0.05, 0.1) is 17.3 Å². The lowest BCUT2D eigenvalue weighted by Gasteiger charge is -2.36. The maximum absolute atomic E-state index is 10.2. The van der Waals surface area contributed by atoms with Crippen LogP contribution in [0.1, 0.15) is 24.0 Å². The van der Waals surface area contributed by atoms with Crippen molar-refractivity contribution in [1.82, 2.24) is 15.1 Å². The Morgan fingerprint density at radius 2 is 2.12 bits per heavy atom. The van der Waals surface area contributed by atoms with Gasteiger partial charge in [0.15, 0.2) is 5.82 Å². The highest BCUT2D eigenvalue weighted by Gasteiger charge is 2.23. The molecule has 0 aliphatic carbocycles. The molecule has 2 heterocycles. The van der Waals surface area contributed by atoms with Gasteiger partial charge in [-0.2, -0.15) is 5.26 Å². The molecule has 1 N–H and O–H groups in total. The lowest BCUT2D eigenvalue weighted by Crippen LogP contribution is -2.45. The van der Waals surface area contributed by atoms with Gasteiger partial charge >= 0.3 is 0 Å². The van der Waals surface area contributed by atoms with Crippen molar-refractivity contribution in [3.8, 4) is 23.1 Å². The zero-order chi connectivity index (χ0) is 18.0. The molecule has 1 aromatic heterocycles. The van der Waals surface area contributed by atoms with Crippen molar-refractivity contribution in [3.63, 3.8) is 0 Å². The summed E-state index contributed by atoms with van der Waals surface area (Å²) in [5.74, 6) is 0.890. The normalized spacial score (nSPS) is 17.9. The van der Waals surface area contributed by atoms with Crippen LogP contribution in [0.15, 0.2) is 24.3 Å². The molecule has 1 atom stereocenters. The Kier molecular flexibility index (Phi) is 4.86. The topological polar surface area (TPSA) is 76.3 Å². The maximum Gasteiger partial charge on any atom is 0.151 e. The summed E-state index contributed by atoms with van der Waals surface area (Å²) in [6.07, 6.45) is 2.34. The number of phenolic OH excluding ortho intramolecular Hbond substituents is 1. The van der Waals surface area contributed by atoms with E-state index in [0.29, 0.717) is 22.9 Å². The third-order valence-electron chi connectivity index (χ3n) is 4.86. The second-order valence-electron chi connectivity index (χ2n) is 6.75. The first kappa shape index (κ1) is 17.2. The van der Waals surface area contributed by atoms with Crippen LogP contribution in [0.4, 0.5) is 5.82 Å². The van der Waals surface area contributed by atoms with Crippen LogP contribution in [0.5, 0.6) is 5.75 Å². The average Bonchev–Trinajstić information content (AvgIpc) is 2.61. The number of aryl methyl sites for hydroxylation is 1. The second kappa shape index (κ2) is 7.08. The molecule has 1 aromatic carbocycles. The first-order valence-corrected chi connectivity index (χ1v) is 8.48. The van der Waals surface area contributed by atoms with E-state index in [-0.39, 0.29) is 5.75 Å². The van der Waals surface area contributed by atoms with Crippen molar-refractivity contribution in [2.45, 2.75) is 25.8 Å². The molecule has 0 amide bonds. The van der Waals surface area contributed by atoms with Crippen LogP contribution in [-0.2, 0) is 0 Å². The molecule has 6 heteroatoms. The Morgan fingerprint density at radius 3 is 2.76 bits per heavy atom. The smallest absolute Gasteiger partial charge is 0.151 e. The number of nitriles is 1. The van der Waals surface area contributed by atoms with E-state index >= 15 is 0 Å². The number of likely N-dealkylation sites (tertiary alicyclic amines) is 1. The van der Waals surface area contributed by atoms with Gasteiger partial charge in [-0.25, -0.2) is 0 Å². The zero-order valence-corrected chi connectivity index (χ0v) is 14.9. The van der Waals surface area contributed by atoms with Crippen LogP contribution >= 0.6 is 0 Å². The van der Waals surface area contributed by atoms with Crippen molar-refractivity contribution >= 4 is 5.82 Å². The highest BCUT2D eigenvalue weighted by Crippen LogP contribution is 2.31. The van der Waals surface area contributed by atoms with E-state index < -0.39 is 0 Å². The number of likely N-dealkylation sites (N-methyl/N-ethyl adjacent to an activating group) is 2. The molecule has 1 aliphatic heterocycles. The van der Waals surface area contributed by atoms with Crippen LogP contribution in [0.25, 0.3) is 11.3 Å². The average molecular weight is 337 g/mol. The van der Waals surface area contributed by atoms with Crippen LogP contribution in [-0.4, -0.2) is 53.4 Å². The molecule has 130 valence electrons. The van der Waals surface area contributed by atoms with Gasteiger partial charge in [-0.15, -0.1) is 10.2 Å². The van der Waals surface area contributed by atoms with E-state index in [1.807, 2.05) is 19.1 Å². The quantitative estimate of drug-likeness (QED) is 0.927. The Hall–Kier alpha value is -2.65. The first-order chi connectivity index (χ1) is 12.0. The lowest BCUT2D eigenvalue weighted by atomic mass is 10.0. The molecule has 1 fully saturated rings. The summed E-state index contributed by atoms with van der Waals surface area (Å²) in [6.45, 7) is 4.13. The number of aromatic hydroxyl groups is 1. The third kappa shape index (κ3) is 3.57. The molecule has 0 bridgehead atoms. The summed E-state index contributed by atoms with van der Waals surface area (Å²) in [7, 11) is 4.21. The number of benzene rings is 1. The number of hydrogen-bond acceptors (Lipinski definition) is 6. The van der Waals surface area contributed by atoms with Gasteiger partial charge in [-0.3, -0.25) is 0 Å². The fraction of sp³-hybridized carbons (Fsp3) is 0.421. The van der Waals surface area contributed by atoms with Crippen LogP contribution < -0.4 is 4.90 Å². The summed E-state index contributed by atoms with van der Waals surface area (Å²) in [5, 5.41) is 27.8. The molecule has 0 saturated carbocycles. The summed E-state index contributed by atoms with van der Waals surface area (Å²) >= 11 is 0. The SMILES string of the molecule is Cc1cc(N(C)[C@@H]2CCCN(C)C2)nnc1-c1ccc(C#N)cc1O. The van der Waals surface area contributed by atoms with Crippen molar-refractivity contribution in [2.75, 3.05) is 32.1 Å². The number of rotatable bonds is 3. The van der Waals surface area contributed by atoms with Gasteiger partial charge in [0.2, 0.25) is 0 Å². The van der Waals surface area contributed by atoms with Crippen molar-refractivity contribution < 1.29 is 5.11 Å². The Morgan fingerprint density at radius 1 is 1.32 bits per heavy atom. The zero-order valence-electron chi connectivity index (χ0n) is 14.9. The van der Waals surface area contributed by atoms with E-state index in [1.165, 1.54) is 12.5 Å². The third-order valence-corrected chi connectivity index (χ3v) is 4.86. The van der Waals surface area contributed by atoms with Gasteiger partial charge in [0, 0.05) is 25.2 Å². The molecule has 6 nitrogen and oxygen atoms in total. The molecule has 1 aliphatic rings. The molecule has 0 unspecified atom stereocenters. The highest BCUT2D eigenvalue weighted by atomic mass is 16.3. The number of anilines is 1. The number of hydrogen-bond donors (Lipinski definition) is 1.